The Bertz CT molecular complexity index is 487. The summed E-state index contributed by atoms with van der Waals surface area (Å²) in [5.41, 5.74) is 0.209. The van der Waals surface area contributed by atoms with Crippen molar-refractivity contribution in [3.05, 3.63) is 35.4 Å². The maximum absolute atomic E-state index is 13.7. The quantitative estimate of drug-likeness (QED) is 0.920. The second kappa shape index (κ2) is 6.31. The van der Waals surface area contributed by atoms with Gasteiger partial charge in [0.15, 0.2) is 0 Å². The molecule has 0 aromatic heterocycles. The van der Waals surface area contributed by atoms with Gasteiger partial charge >= 0.3 is 0 Å². The van der Waals surface area contributed by atoms with Crippen LogP contribution in [0.25, 0.3) is 0 Å². The van der Waals surface area contributed by atoms with Gasteiger partial charge in [-0.3, -0.25) is 4.79 Å². The number of nitrogens with zero attached hydrogens (tertiary/aromatic N) is 1. The molecule has 2 unspecified atom stereocenters. The molecule has 1 heterocycles. The van der Waals surface area contributed by atoms with Crippen LogP contribution in [0.5, 0.6) is 0 Å². The molecule has 1 amide bonds. The summed E-state index contributed by atoms with van der Waals surface area (Å²) in [6.07, 6.45) is 2.47. The van der Waals surface area contributed by atoms with Gasteiger partial charge in [-0.25, -0.2) is 8.78 Å². The Morgan fingerprint density at radius 1 is 1.50 bits per heavy atom. The van der Waals surface area contributed by atoms with Gasteiger partial charge in [-0.2, -0.15) is 0 Å². The molecule has 1 aromatic carbocycles. The number of hydrogen-bond donors (Lipinski definition) is 1. The molecule has 0 bridgehead atoms. The number of carbonyl (C=O) groups excluding carboxylic acids is 1. The largest absolute Gasteiger partial charge is 0.339 e. The molecule has 3 nitrogen and oxygen atoms in total. The van der Waals surface area contributed by atoms with Crippen LogP contribution >= 0.6 is 0 Å². The highest BCUT2D eigenvalue weighted by Crippen LogP contribution is 2.24. The van der Waals surface area contributed by atoms with Crippen molar-refractivity contribution in [2.45, 2.75) is 38.3 Å². The van der Waals surface area contributed by atoms with Crippen LogP contribution < -0.4 is 5.32 Å². The fraction of sp³-hybridized carbons (Fsp3) is 0.533. The van der Waals surface area contributed by atoms with Crippen molar-refractivity contribution in [1.82, 2.24) is 10.2 Å². The predicted octanol–water partition coefficient (Wildman–Crippen LogP) is 2.63. The number of carbonyl (C=O) groups is 1. The molecule has 1 aliphatic rings. The fourth-order valence-electron chi connectivity index (χ4n) is 2.55. The Hall–Kier alpha value is -1.49. The van der Waals surface area contributed by atoms with Crippen LogP contribution in [-0.2, 0) is 4.79 Å². The van der Waals surface area contributed by atoms with Crippen LogP contribution in [0.3, 0.4) is 0 Å². The van der Waals surface area contributed by atoms with Crippen LogP contribution in [0.4, 0.5) is 8.78 Å². The topological polar surface area (TPSA) is 32.3 Å². The molecule has 2 rings (SSSR count). The number of benzene rings is 1. The number of nitrogens with one attached hydrogen (secondary N) is 1. The van der Waals surface area contributed by atoms with Crippen LogP contribution in [0.15, 0.2) is 18.2 Å². The Morgan fingerprint density at radius 2 is 2.25 bits per heavy atom. The molecule has 0 spiro atoms. The lowest BCUT2D eigenvalue weighted by molar-refractivity contribution is -0.132. The average Bonchev–Trinajstić information content (AvgIpc) is 2.92. The monoisotopic (exact) mass is 282 g/mol. The maximum atomic E-state index is 13.7. The molecule has 20 heavy (non-hydrogen) atoms. The standard InChI is InChI=1S/C15H20F2N2O/c1-10(13-8-11(16)5-6-14(13)17)19(2)15(20)9-12-4-3-7-18-12/h5-6,8,10,12,18H,3-4,7,9H2,1-2H3. The molecule has 1 aliphatic heterocycles. The van der Waals surface area contributed by atoms with E-state index >= 15 is 0 Å². The van der Waals surface area contributed by atoms with Crippen LogP contribution in [0.2, 0.25) is 0 Å². The third kappa shape index (κ3) is 3.33. The number of amides is 1. The van der Waals surface area contributed by atoms with E-state index in [2.05, 4.69) is 5.32 Å². The Morgan fingerprint density at radius 3 is 2.90 bits per heavy atom. The van der Waals surface area contributed by atoms with Crippen molar-refractivity contribution in [2.24, 2.45) is 0 Å². The van der Waals surface area contributed by atoms with Gasteiger partial charge in [-0.05, 0) is 44.5 Å². The van der Waals surface area contributed by atoms with Crippen LogP contribution in [0.1, 0.15) is 37.8 Å². The molecule has 0 aliphatic carbocycles. The summed E-state index contributed by atoms with van der Waals surface area (Å²) in [7, 11) is 1.63. The molecule has 1 N–H and O–H groups in total. The first-order valence-electron chi connectivity index (χ1n) is 6.93. The van der Waals surface area contributed by atoms with Gasteiger partial charge in [0, 0.05) is 25.1 Å². The zero-order valence-corrected chi connectivity index (χ0v) is 11.8. The lowest BCUT2D eigenvalue weighted by atomic mass is 10.0. The molecular weight excluding hydrogens is 262 g/mol. The molecule has 5 heteroatoms. The summed E-state index contributed by atoms with van der Waals surface area (Å²) in [5.74, 6) is -1.04. The normalized spacial score (nSPS) is 19.9. The summed E-state index contributed by atoms with van der Waals surface area (Å²) in [6, 6.07) is 3.04. The summed E-state index contributed by atoms with van der Waals surface area (Å²) in [5, 5.41) is 3.26. The molecular formula is C15H20F2N2O. The van der Waals surface area contributed by atoms with Gasteiger partial charge in [0.2, 0.25) is 5.91 Å². The van der Waals surface area contributed by atoms with Gasteiger partial charge in [-0.1, -0.05) is 0 Å². The van der Waals surface area contributed by atoms with Crippen molar-refractivity contribution in [2.75, 3.05) is 13.6 Å². The zero-order chi connectivity index (χ0) is 14.7. The summed E-state index contributed by atoms with van der Waals surface area (Å²) >= 11 is 0. The first-order chi connectivity index (χ1) is 9.49. The molecule has 1 fully saturated rings. The van der Waals surface area contributed by atoms with Crippen molar-refractivity contribution in [3.63, 3.8) is 0 Å². The summed E-state index contributed by atoms with van der Waals surface area (Å²) < 4.78 is 27.0. The summed E-state index contributed by atoms with van der Waals surface area (Å²) in [6.45, 7) is 2.65. The smallest absolute Gasteiger partial charge is 0.224 e. The first-order valence-corrected chi connectivity index (χ1v) is 6.93. The summed E-state index contributed by atoms with van der Waals surface area (Å²) in [4.78, 5) is 13.7. The van der Waals surface area contributed by atoms with Gasteiger partial charge in [0.1, 0.15) is 11.6 Å². The number of rotatable bonds is 4. The minimum atomic E-state index is -0.494. The minimum Gasteiger partial charge on any atom is -0.339 e. The zero-order valence-electron chi connectivity index (χ0n) is 11.8. The second-order valence-corrected chi connectivity index (χ2v) is 5.34. The van der Waals surface area contributed by atoms with Gasteiger partial charge in [0.05, 0.1) is 6.04 Å². The predicted molar refractivity (Wildman–Crippen MR) is 73.2 cm³/mol. The highest BCUT2D eigenvalue weighted by Gasteiger charge is 2.24. The van der Waals surface area contributed by atoms with Gasteiger partial charge in [0.25, 0.3) is 0 Å². The van der Waals surface area contributed by atoms with Crippen molar-refractivity contribution < 1.29 is 13.6 Å². The lowest BCUT2D eigenvalue weighted by Crippen LogP contribution is -2.35. The van der Waals surface area contributed by atoms with Crippen molar-refractivity contribution in [3.8, 4) is 0 Å². The number of hydrogen-bond acceptors (Lipinski definition) is 2. The highest BCUT2D eigenvalue weighted by atomic mass is 19.1. The third-order valence-corrected chi connectivity index (χ3v) is 3.97. The van der Waals surface area contributed by atoms with Gasteiger partial charge < -0.3 is 10.2 Å². The van der Waals surface area contributed by atoms with E-state index in [-0.39, 0.29) is 17.5 Å². The van der Waals surface area contributed by atoms with E-state index in [0.29, 0.717) is 6.42 Å². The van der Waals surface area contributed by atoms with E-state index in [1.54, 1.807) is 14.0 Å². The molecule has 0 saturated carbocycles. The highest BCUT2D eigenvalue weighted by molar-refractivity contribution is 5.77. The Balaban J connectivity index is 2.05. The molecule has 1 saturated heterocycles. The van der Waals surface area contributed by atoms with Crippen LogP contribution in [-0.4, -0.2) is 30.4 Å². The lowest BCUT2D eigenvalue weighted by Gasteiger charge is -2.27. The maximum Gasteiger partial charge on any atom is 0.224 e. The number of halogens is 2. The SMILES string of the molecule is CC(c1cc(F)ccc1F)N(C)C(=O)CC1CCCN1. The first kappa shape index (κ1) is 14.9. The van der Waals surface area contributed by atoms with E-state index in [1.807, 2.05) is 0 Å². The Kier molecular flexibility index (Phi) is 4.70. The Labute approximate surface area is 118 Å². The van der Waals surface area contributed by atoms with Gasteiger partial charge in [-0.15, -0.1) is 0 Å². The van der Waals surface area contributed by atoms with Crippen LogP contribution in [0, 0.1) is 11.6 Å². The van der Waals surface area contributed by atoms with Crippen molar-refractivity contribution in [1.29, 1.82) is 0 Å². The third-order valence-electron chi connectivity index (χ3n) is 3.97. The molecule has 2 atom stereocenters. The molecule has 110 valence electrons. The van der Waals surface area contributed by atoms with Crippen molar-refractivity contribution >= 4 is 5.91 Å². The second-order valence-electron chi connectivity index (χ2n) is 5.34. The van der Waals surface area contributed by atoms with E-state index in [4.69, 9.17) is 0 Å². The minimum absolute atomic E-state index is 0.0550. The van der Waals surface area contributed by atoms with E-state index in [9.17, 15) is 13.6 Å². The van der Waals surface area contributed by atoms with E-state index < -0.39 is 17.7 Å². The fourth-order valence-corrected chi connectivity index (χ4v) is 2.55. The molecule has 1 aromatic rings. The average molecular weight is 282 g/mol. The molecule has 0 radical (unpaired) electrons. The van der Waals surface area contributed by atoms with E-state index in [0.717, 1.165) is 37.6 Å². The van der Waals surface area contributed by atoms with E-state index in [1.165, 1.54) is 4.90 Å².